The van der Waals surface area contributed by atoms with Crippen LogP contribution < -0.4 is 0 Å². The highest BCUT2D eigenvalue weighted by Crippen LogP contribution is 2.20. The van der Waals surface area contributed by atoms with E-state index in [-0.39, 0.29) is 0 Å². The lowest BCUT2D eigenvalue weighted by Gasteiger charge is -2.05. The van der Waals surface area contributed by atoms with Crippen LogP contribution in [0, 0.1) is 3.57 Å². The van der Waals surface area contributed by atoms with Crippen LogP contribution in [0.3, 0.4) is 0 Å². The van der Waals surface area contributed by atoms with Crippen LogP contribution in [-0.2, 0) is 13.5 Å². The fourth-order valence-electron chi connectivity index (χ4n) is 3.12. The molecule has 0 N–H and O–H groups in total. The standard InChI is InChI=1S/C20H15IN8/c1-28-12-15(9-24-28)17-5-6-18-25-26-19(29(18)27-17)8-13-3-2-4-14(7-13)20-22-10-16(21)11-23-20/h2-7,9-12H,8H2,1H3. The van der Waals surface area contributed by atoms with Crippen molar-refractivity contribution in [1.29, 1.82) is 0 Å². The van der Waals surface area contributed by atoms with Crippen LogP contribution in [0.15, 0.2) is 61.2 Å². The van der Waals surface area contributed by atoms with Gasteiger partial charge in [-0.2, -0.15) is 14.7 Å². The Kier molecular flexibility index (Phi) is 4.51. The van der Waals surface area contributed by atoms with Crippen LogP contribution in [0.2, 0.25) is 0 Å². The largest absolute Gasteiger partial charge is 0.275 e. The van der Waals surface area contributed by atoms with Crippen LogP contribution >= 0.6 is 22.6 Å². The molecule has 0 atom stereocenters. The minimum absolute atomic E-state index is 0.600. The predicted octanol–water partition coefficient (Wildman–Crippen LogP) is 3.18. The Morgan fingerprint density at radius 1 is 0.966 bits per heavy atom. The molecule has 29 heavy (non-hydrogen) atoms. The van der Waals surface area contributed by atoms with E-state index in [4.69, 9.17) is 5.10 Å². The first-order valence-corrected chi connectivity index (χ1v) is 10.0. The van der Waals surface area contributed by atoms with E-state index in [1.165, 1.54) is 0 Å². The SMILES string of the molecule is Cn1cc(-c2ccc3nnc(Cc4cccc(-c5ncc(I)cn5)c4)n3n2)cn1. The van der Waals surface area contributed by atoms with E-state index in [1.807, 2.05) is 49.9 Å². The second-order valence-electron chi connectivity index (χ2n) is 6.61. The van der Waals surface area contributed by atoms with Crippen molar-refractivity contribution < 1.29 is 0 Å². The maximum Gasteiger partial charge on any atom is 0.177 e. The fourth-order valence-corrected chi connectivity index (χ4v) is 3.39. The summed E-state index contributed by atoms with van der Waals surface area (Å²) >= 11 is 2.20. The number of hydrogen-bond acceptors (Lipinski definition) is 6. The van der Waals surface area contributed by atoms with E-state index in [1.54, 1.807) is 15.4 Å². The van der Waals surface area contributed by atoms with Gasteiger partial charge in [0.15, 0.2) is 17.3 Å². The molecule has 0 aliphatic carbocycles. The molecule has 4 aromatic heterocycles. The normalized spacial score (nSPS) is 11.2. The summed E-state index contributed by atoms with van der Waals surface area (Å²) in [5.74, 6) is 1.47. The maximum absolute atomic E-state index is 4.72. The van der Waals surface area contributed by atoms with E-state index in [0.717, 1.165) is 31.8 Å². The van der Waals surface area contributed by atoms with Crippen molar-refractivity contribution in [3.63, 3.8) is 0 Å². The molecular formula is C20H15IN8. The number of rotatable bonds is 4. The van der Waals surface area contributed by atoms with Crippen molar-refractivity contribution in [3.8, 4) is 22.6 Å². The molecule has 0 amide bonds. The molecule has 5 aromatic rings. The van der Waals surface area contributed by atoms with Crippen LogP contribution in [-0.4, -0.2) is 39.6 Å². The van der Waals surface area contributed by atoms with Crippen molar-refractivity contribution >= 4 is 28.2 Å². The molecule has 0 aliphatic heterocycles. The maximum atomic E-state index is 4.72. The Bertz CT molecular complexity index is 1310. The van der Waals surface area contributed by atoms with Gasteiger partial charge in [0.2, 0.25) is 0 Å². The first kappa shape index (κ1) is 17.9. The zero-order valence-corrected chi connectivity index (χ0v) is 17.6. The van der Waals surface area contributed by atoms with Crippen LogP contribution in [0.1, 0.15) is 11.4 Å². The number of aryl methyl sites for hydroxylation is 1. The molecular weight excluding hydrogens is 479 g/mol. The Morgan fingerprint density at radius 2 is 1.83 bits per heavy atom. The summed E-state index contributed by atoms with van der Waals surface area (Å²) < 4.78 is 4.55. The van der Waals surface area contributed by atoms with Gasteiger partial charge in [0.25, 0.3) is 0 Å². The third-order valence-electron chi connectivity index (χ3n) is 4.50. The average Bonchev–Trinajstić information content (AvgIpc) is 3.35. The van der Waals surface area contributed by atoms with E-state index >= 15 is 0 Å². The molecule has 0 saturated carbocycles. The molecule has 0 bridgehead atoms. The van der Waals surface area contributed by atoms with E-state index in [0.29, 0.717) is 17.9 Å². The molecule has 0 unspecified atom stereocenters. The zero-order valence-electron chi connectivity index (χ0n) is 15.4. The number of halogens is 1. The smallest absolute Gasteiger partial charge is 0.177 e. The van der Waals surface area contributed by atoms with Crippen LogP contribution in [0.4, 0.5) is 0 Å². The third kappa shape index (κ3) is 3.60. The second-order valence-corrected chi connectivity index (χ2v) is 7.86. The van der Waals surface area contributed by atoms with Crippen molar-refractivity contribution in [2.45, 2.75) is 6.42 Å². The Morgan fingerprint density at radius 3 is 2.62 bits per heavy atom. The minimum Gasteiger partial charge on any atom is -0.275 e. The third-order valence-corrected chi connectivity index (χ3v) is 5.05. The molecule has 8 nitrogen and oxygen atoms in total. The van der Waals surface area contributed by atoms with Gasteiger partial charge in [-0.05, 0) is 46.4 Å². The van der Waals surface area contributed by atoms with Gasteiger partial charge in [0, 0.05) is 46.8 Å². The van der Waals surface area contributed by atoms with Gasteiger partial charge in [-0.15, -0.1) is 10.2 Å². The summed E-state index contributed by atoms with van der Waals surface area (Å²) in [6.07, 6.45) is 7.95. The summed E-state index contributed by atoms with van der Waals surface area (Å²) in [5.41, 5.74) is 4.55. The number of nitrogens with zero attached hydrogens (tertiary/aromatic N) is 8. The molecule has 0 spiro atoms. The molecule has 4 heterocycles. The highest BCUT2D eigenvalue weighted by Gasteiger charge is 2.11. The average molecular weight is 494 g/mol. The summed E-state index contributed by atoms with van der Waals surface area (Å²) in [5, 5.41) is 17.5. The van der Waals surface area contributed by atoms with Gasteiger partial charge in [-0.25, -0.2) is 9.97 Å². The predicted molar refractivity (Wildman–Crippen MR) is 116 cm³/mol. The minimum atomic E-state index is 0.600. The summed E-state index contributed by atoms with van der Waals surface area (Å²) in [4.78, 5) is 8.82. The van der Waals surface area contributed by atoms with Crippen molar-refractivity contribution in [3.05, 3.63) is 76.1 Å². The lowest BCUT2D eigenvalue weighted by molar-refractivity contribution is 0.768. The fraction of sp³-hybridized carbons (Fsp3) is 0.100. The lowest BCUT2D eigenvalue weighted by atomic mass is 10.1. The molecule has 5 rings (SSSR count). The Labute approximate surface area is 179 Å². The number of fused-ring (bicyclic) bond motifs is 1. The summed E-state index contributed by atoms with van der Waals surface area (Å²) in [6, 6.07) is 12.0. The molecule has 1 aromatic carbocycles. The second kappa shape index (κ2) is 7.32. The number of aromatic nitrogens is 8. The lowest BCUT2D eigenvalue weighted by Crippen LogP contribution is -2.01. The topological polar surface area (TPSA) is 86.7 Å². The highest BCUT2D eigenvalue weighted by atomic mass is 127. The first-order valence-electron chi connectivity index (χ1n) is 8.93. The molecule has 0 fully saturated rings. The van der Waals surface area contributed by atoms with Gasteiger partial charge in [-0.1, -0.05) is 18.2 Å². The van der Waals surface area contributed by atoms with Gasteiger partial charge in [-0.3, -0.25) is 4.68 Å². The van der Waals surface area contributed by atoms with E-state index in [2.05, 4.69) is 60.0 Å². The molecule has 142 valence electrons. The van der Waals surface area contributed by atoms with Gasteiger partial charge >= 0.3 is 0 Å². The molecule has 0 saturated heterocycles. The van der Waals surface area contributed by atoms with Crippen LogP contribution in [0.25, 0.3) is 28.3 Å². The molecule has 0 aliphatic rings. The Balaban J connectivity index is 1.49. The van der Waals surface area contributed by atoms with Crippen molar-refractivity contribution in [1.82, 2.24) is 39.6 Å². The summed E-state index contributed by atoms with van der Waals surface area (Å²) in [6.45, 7) is 0. The van der Waals surface area contributed by atoms with Gasteiger partial charge < -0.3 is 0 Å². The Hall–Kier alpha value is -3.21. The first-order chi connectivity index (χ1) is 14.2. The van der Waals surface area contributed by atoms with Gasteiger partial charge in [0.1, 0.15) is 0 Å². The monoisotopic (exact) mass is 494 g/mol. The quantitative estimate of drug-likeness (QED) is 0.357. The molecule has 9 heteroatoms. The number of hydrogen-bond donors (Lipinski definition) is 0. The molecule has 0 radical (unpaired) electrons. The van der Waals surface area contributed by atoms with Crippen molar-refractivity contribution in [2.24, 2.45) is 7.05 Å². The van der Waals surface area contributed by atoms with Crippen molar-refractivity contribution in [2.75, 3.05) is 0 Å². The van der Waals surface area contributed by atoms with Gasteiger partial charge in [0.05, 0.1) is 11.9 Å². The summed E-state index contributed by atoms with van der Waals surface area (Å²) in [7, 11) is 1.89. The van der Waals surface area contributed by atoms with E-state index < -0.39 is 0 Å². The van der Waals surface area contributed by atoms with E-state index in [9.17, 15) is 0 Å². The zero-order chi connectivity index (χ0) is 19.8. The number of benzene rings is 1. The highest BCUT2D eigenvalue weighted by molar-refractivity contribution is 14.1. The van der Waals surface area contributed by atoms with Crippen LogP contribution in [0.5, 0.6) is 0 Å².